The molecule has 0 saturated heterocycles. The lowest BCUT2D eigenvalue weighted by atomic mass is 10.0. The average Bonchev–Trinajstić information content (AvgIpc) is 2.39. The second-order valence-corrected chi connectivity index (χ2v) is 4.32. The van der Waals surface area contributed by atoms with Crippen LogP contribution in [0.25, 0.3) is 11.1 Å². The number of nitrogens with zero attached hydrogens (tertiary/aromatic N) is 1. The van der Waals surface area contributed by atoms with Crippen LogP contribution in [0.15, 0.2) is 48.5 Å². The lowest BCUT2D eigenvalue weighted by Crippen LogP contribution is -2.21. The standard InChI is InChI=1S/C15H15NO2/c1-16(2)15(18)13-5-3-11(4-6-13)12-7-9-14(17)10-8-12/h3-10,17H,1-2H3. The van der Waals surface area contributed by atoms with Gasteiger partial charge in [0.05, 0.1) is 0 Å². The molecular formula is C15H15NO2. The summed E-state index contributed by atoms with van der Waals surface area (Å²) in [5.74, 6) is 0.241. The molecule has 18 heavy (non-hydrogen) atoms. The number of carbonyl (C=O) groups is 1. The SMILES string of the molecule is CN(C)C(=O)c1ccc(-c2ccc(O)cc2)cc1. The van der Waals surface area contributed by atoms with Crippen molar-refractivity contribution in [3.63, 3.8) is 0 Å². The van der Waals surface area contributed by atoms with Crippen molar-refractivity contribution in [2.24, 2.45) is 0 Å². The molecular weight excluding hydrogens is 226 g/mol. The van der Waals surface area contributed by atoms with Gasteiger partial charge in [0.15, 0.2) is 0 Å². The maximum absolute atomic E-state index is 11.7. The number of phenolic OH excluding ortho intramolecular Hbond substituents is 1. The molecule has 1 amide bonds. The second kappa shape index (κ2) is 4.92. The molecule has 92 valence electrons. The Labute approximate surface area is 106 Å². The fraction of sp³-hybridized carbons (Fsp3) is 0.133. The van der Waals surface area contributed by atoms with Gasteiger partial charge >= 0.3 is 0 Å². The predicted molar refractivity (Wildman–Crippen MR) is 71.6 cm³/mol. The Hall–Kier alpha value is -2.29. The molecule has 0 bridgehead atoms. The second-order valence-electron chi connectivity index (χ2n) is 4.32. The number of aromatic hydroxyl groups is 1. The Balaban J connectivity index is 2.27. The minimum Gasteiger partial charge on any atom is -0.508 e. The first-order valence-electron chi connectivity index (χ1n) is 5.69. The highest BCUT2D eigenvalue weighted by Crippen LogP contribution is 2.22. The van der Waals surface area contributed by atoms with Gasteiger partial charge in [-0.25, -0.2) is 0 Å². The maximum atomic E-state index is 11.7. The topological polar surface area (TPSA) is 40.5 Å². The van der Waals surface area contributed by atoms with Gasteiger partial charge in [0.1, 0.15) is 5.75 Å². The van der Waals surface area contributed by atoms with E-state index in [-0.39, 0.29) is 11.7 Å². The Kier molecular flexibility index (Phi) is 3.33. The summed E-state index contributed by atoms with van der Waals surface area (Å²) in [4.78, 5) is 13.3. The van der Waals surface area contributed by atoms with Crippen LogP contribution >= 0.6 is 0 Å². The largest absolute Gasteiger partial charge is 0.508 e. The predicted octanol–water partition coefficient (Wildman–Crippen LogP) is 2.76. The van der Waals surface area contributed by atoms with Crippen molar-refractivity contribution in [3.05, 3.63) is 54.1 Å². The number of rotatable bonds is 2. The molecule has 3 heteroatoms. The van der Waals surface area contributed by atoms with Crippen molar-refractivity contribution < 1.29 is 9.90 Å². The van der Waals surface area contributed by atoms with Crippen LogP contribution in [0.5, 0.6) is 5.75 Å². The minimum absolute atomic E-state index is 0.00717. The van der Waals surface area contributed by atoms with Gasteiger partial charge in [0, 0.05) is 19.7 Å². The number of phenols is 1. The highest BCUT2D eigenvalue weighted by atomic mass is 16.3. The average molecular weight is 241 g/mol. The fourth-order valence-corrected chi connectivity index (χ4v) is 1.72. The highest BCUT2D eigenvalue weighted by Gasteiger charge is 2.07. The van der Waals surface area contributed by atoms with Gasteiger partial charge < -0.3 is 10.0 Å². The Bertz CT molecular complexity index is 542. The van der Waals surface area contributed by atoms with E-state index in [2.05, 4.69) is 0 Å². The molecule has 3 nitrogen and oxygen atoms in total. The minimum atomic E-state index is -0.00717. The maximum Gasteiger partial charge on any atom is 0.253 e. The number of amides is 1. The first-order valence-corrected chi connectivity index (χ1v) is 5.69. The van der Waals surface area contributed by atoms with E-state index in [0.29, 0.717) is 5.56 Å². The van der Waals surface area contributed by atoms with E-state index in [0.717, 1.165) is 11.1 Å². The smallest absolute Gasteiger partial charge is 0.253 e. The van der Waals surface area contributed by atoms with E-state index in [9.17, 15) is 9.90 Å². The van der Waals surface area contributed by atoms with Crippen molar-refractivity contribution in [3.8, 4) is 16.9 Å². The third kappa shape index (κ3) is 2.51. The summed E-state index contributed by atoms with van der Waals surface area (Å²) in [6, 6.07) is 14.4. The lowest BCUT2D eigenvalue weighted by molar-refractivity contribution is 0.0827. The molecule has 0 unspecified atom stereocenters. The molecule has 0 radical (unpaired) electrons. The monoisotopic (exact) mass is 241 g/mol. The van der Waals surface area contributed by atoms with E-state index in [1.165, 1.54) is 0 Å². The third-order valence-corrected chi connectivity index (χ3v) is 2.74. The zero-order valence-electron chi connectivity index (χ0n) is 10.4. The molecule has 0 spiro atoms. The normalized spacial score (nSPS) is 10.1. The van der Waals surface area contributed by atoms with Gasteiger partial charge in [-0.3, -0.25) is 4.79 Å². The Morgan fingerprint density at radius 1 is 0.889 bits per heavy atom. The summed E-state index contributed by atoms with van der Waals surface area (Å²) in [7, 11) is 3.46. The van der Waals surface area contributed by atoms with Gasteiger partial charge in [-0.05, 0) is 35.4 Å². The van der Waals surface area contributed by atoms with Crippen LogP contribution in [0.2, 0.25) is 0 Å². The van der Waals surface area contributed by atoms with Crippen LogP contribution in [0, 0.1) is 0 Å². The molecule has 0 heterocycles. The van der Waals surface area contributed by atoms with Crippen molar-refractivity contribution in [2.75, 3.05) is 14.1 Å². The first-order chi connectivity index (χ1) is 8.58. The summed E-state index contributed by atoms with van der Waals surface area (Å²) in [5, 5.41) is 9.23. The lowest BCUT2D eigenvalue weighted by Gasteiger charge is -2.10. The summed E-state index contributed by atoms with van der Waals surface area (Å²) >= 11 is 0. The van der Waals surface area contributed by atoms with Crippen molar-refractivity contribution in [2.45, 2.75) is 0 Å². The number of carbonyl (C=O) groups excluding carboxylic acids is 1. The highest BCUT2D eigenvalue weighted by molar-refractivity contribution is 5.94. The molecule has 0 aliphatic heterocycles. The van der Waals surface area contributed by atoms with Crippen LogP contribution in [-0.4, -0.2) is 30.0 Å². The zero-order chi connectivity index (χ0) is 13.1. The van der Waals surface area contributed by atoms with Crippen LogP contribution in [0.1, 0.15) is 10.4 Å². The van der Waals surface area contributed by atoms with Gasteiger partial charge in [-0.1, -0.05) is 24.3 Å². The molecule has 2 aromatic rings. The number of hydrogen-bond acceptors (Lipinski definition) is 2. The van der Waals surface area contributed by atoms with Crippen LogP contribution < -0.4 is 0 Å². The molecule has 0 aliphatic rings. The molecule has 1 N–H and O–H groups in total. The quantitative estimate of drug-likeness (QED) is 0.878. The van der Waals surface area contributed by atoms with E-state index in [1.807, 2.05) is 36.4 Å². The van der Waals surface area contributed by atoms with E-state index >= 15 is 0 Å². The van der Waals surface area contributed by atoms with Crippen LogP contribution in [-0.2, 0) is 0 Å². The van der Waals surface area contributed by atoms with Gasteiger partial charge in [-0.15, -0.1) is 0 Å². The molecule has 2 aromatic carbocycles. The van der Waals surface area contributed by atoms with E-state index in [4.69, 9.17) is 0 Å². The Morgan fingerprint density at radius 2 is 1.33 bits per heavy atom. The first kappa shape index (κ1) is 12.2. The fourth-order valence-electron chi connectivity index (χ4n) is 1.72. The summed E-state index contributed by atoms with van der Waals surface area (Å²) in [6.45, 7) is 0. The van der Waals surface area contributed by atoms with E-state index in [1.54, 1.807) is 31.1 Å². The summed E-state index contributed by atoms with van der Waals surface area (Å²) in [5.41, 5.74) is 2.70. The van der Waals surface area contributed by atoms with Crippen LogP contribution in [0.4, 0.5) is 0 Å². The third-order valence-electron chi connectivity index (χ3n) is 2.74. The summed E-state index contributed by atoms with van der Waals surface area (Å²) < 4.78 is 0. The number of benzene rings is 2. The van der Waals surface area contributed by atoms with Crippen LogP contribution in [0.3, 0.4) is 0 Å². The molecule has 2 rings (SSSR count). The van der Waals surface area contributed by atoms with Crippen molar-refractivity contribution >= 4 is 5.91 Å². The molecule has 0 saturated carbocycles. The van der Waals surface area contributed by atoms with E-state index < -0.39 is 0 Å². The molecule has 0 atom stereocenters. The number of hydrogen-bond donors (Lipinski definition) is 1. The molecule has 0 aliphatic carbocycles. The van der Waals surface area contributed by atoms with Gasteiger partial charge in [0.2, 0.25) is 0 Å². The Morgan fingerprint density at radius 3 is 1.78 bits per heavy atom. The summed E-state index contributed by atoms with van der Waals surface area (Å²) in [6.07, 6.45) is 0. The van der Waals surface area contributed by atoms with Gasteiger partial charge in [0.25, 0.3) is 5.91 Å². The molecule has 0 fully saturated rings. The van der Waals surface area contributed by atoms with Crippen molar-refractivity contribution in [1.82, 2.24) is 4.90 Å². The molecule has 0 aromatic heterocycles. The van der Waals surface area contributed by atoms with Gasteiger partial charge in [-0.2, -0.15) is 0 Å². The zero-order valence-corrected chi connectivity index (χ0v) is 10.4. The van der Waals surface area contributed by atoms with Crippen molar-refractivity contribution in [1.29, 1.82) is 0 Å².